The first-order valence-corrected chi connectivity index (χ1v) is 4.20. The van der Waals surface area contributed by atoms with Crippen molar-refractivity contribution in [2.24, 2.45) is 0 Å². The van der Waals surface area contributed by atoms with E-state index in [-0.39, 0.29) is 6.61 Å². The second kappa shape index (κ2) is 4.91. The summed E-state index contributed by atoms with van der Waals surface area (Å²) in [5.74, 6) is 0. The second-order valence-electron chi connectivity index (χ2n) is 2.82. The maximum atomic E-state index is 8.72. The van der Waals surface area contributed by atoms with Gasteiger partial charge in [-0.15, -0.1) is 0 Å². The summed E-state index contributed by atoms with van der Waals surface area (Å²) in [5, 5.41) is 11.8. The van der Waals surface area contributed by atoms with Crippen molar-refractivity contribution in [3.8, 4) is 0 Å². The molecule has 0 unspecified atom stereocenters. The molecule has 1 aromatic carbocycles. The number of aliphatic hydroxyl groups excluding tert-OH is 1. The van der Waals surface area contributed by atoms with Gasteiger partial charge in [-0.3, -0.25) is 0 Å². The van der Waals surface area contributed by atoms with E-state index in [1.165, 1.54) is 11.1 Å². The molecule has 0 radical (unpaired) electrons. The quantitative estimate of drug-likeness (QED) is 0.696. The van der Waals surface area contributed by atoms with Crippen molar-refractivity contribution >= 4 is 0 Å². The number of rotatable bonds is 4. The van der Waals surface area contributed by atoms with Gasteiger partial charge >= 0.3 is 0 Å². The number of aliphatic hydroxyl groups is 1. The highest BCUT2D eigenvalue weighted by molar-refractivity contribution is 5.23. The lowest BCUT2D eigenvalue weighted by Crippen LogP contribution is -2.05. The Morgan fingerprint density at radius 2 is 2.08 bits per heavy atom. The van der Waals surface area contributed by atoms with E-state index < -0.39 is 0 Å². The van der Waals surface area contributed by atoms with E-state index in [0.717, 1.165) is 13.0 Å². The Hall–Kier alpha value is -0.860. The molecular formula is C10H15NO. The van der Waals surface area contributed by atoms with Crippen LogP contribution >= 0.6 is 0 Å². The molecular weight excluding hydrogens is 150 g/mol. The van der Waals surface area contributed by atoms with Crippen molar-refractivity contribution < 1.29 is 5.11 Å². The lowest BCUT2D eigenvalue weighted by Gasteiger charge is -2.02. The molecule has 0 aliphatic carbocycles. The smallest absolute Gasteiger partial charge is 0.0471 e. The molecule has 0 amide bonds. The third-order valence-electron chi connectivity index (χ3n) is 1.77. The monoisotopic (exact) mass is 165 g/mol. The summed E-state index contributed by atoms with van der Waals surface area (Å²) in [5.41, 5.74) is 2.47. The molecule has 0 aromatic heterocycles. The van der Waals surface area contributed by atoms with Crippen molar-refractivity contribution in [2.75, 3.05) is 13.7 Å². The first-order chi connectivity index (χ1) is 5.86. The van der Waals surface area contributed by atoms with Crippen LogP contribution in [0.4, 0.5) is 0 Å². The summed E-state index contributed by atoms with van der Waals surface area (Å²) in [6.07, 6.45) is 0.748. The van der Waals surface area contributed by atoms with Crippen molar-refractivity contribution in [1.82, 2.24) is 5.32 Å². The molecule has 2 N–H and O–H groups in total. The highest BCUT2D eigenvalue weighted by Gasteiger charge is 1.93. The average molecular weight is 165 g/mol. The maximum absolute atomic E-state index is 8.72. The molecule has 0 heterocycles. The Bertz CT molecular complexity index is 214. The van der Waals surface area contributed by atoms with Crippen molar-refractivity contribution in [3.63, 3.8) is 0 Å². The molecule has 0 spiro atoms. The van der Waals surface area contributed by atoms with Gasteiger partial charge in [-0.1, -0.05) is 24.3 Å². The van der Waals surface area contributed by atoms with E-state index in [1.807, 2.05) is 19.2 Å². The summed E-state index contributed by atoms with van der Waals surface area (Å²) >= 11 is 0. The van der Waals surface area contributed by atoms with Gasteiger partial charge in [0.2, 0.25) is 0 Å². The van der Waals surface area contributed by atoms with E-state index in [2.05, 4.69) is 17.4 Å². The molecule has 66 valence electrons. The van der Waals surface area contributed by atoms with Crippen LogP contribution in [-0.4, -0.2) is 18.8 Å². The fraction of sp³-hybridized carbons (Fsp3) is 0.400. The molecule has 0 saturated heterocycles. The van der Waals surface area contributed by atoms with Crippen LogP contribution in [0.3, 0.4) is 0 Å². The van der Waals surface area contributed by atoms with Crippen molar-refractivity contribution in [1.29, 1.82) is 0 Å². The zero-order valence-corrected chi connectivity index (χ0v) is 7.38. The molecule has 0 aliphatic heterocycles. The lowest BCUT2D eigenvalue weighted by atomic mass is 10.1. The van der Waals surface area contributed by atoms with Crippen LogP contribution < -0.4 is 5.32 Å². The molecule has 0 aliphatic rings. The Morgan fingerprint density at radius 3 is 2.75 bits per heavy atom. The molecule has 0 fully saturated rings. The first kappa shape index (κ1) is 9.23. The second-order valence-corrected chi connectivity index (χ2v) is 2.82. The van der Waals surface area contributed by atoms with E-state index in [9.17, 15) is 0 Å². The average Bonchev–Trinajstić information content (AvgIpc) is 2.06. The molecule has 0 saturated carbocycles. The van der Waals surface area contributed by atoms with Crippen molar-refractivity contribution in [2.45, 2.75) is 13.0 Å². The van der Waals surface area contributed by atoms with Crippen LogP contribution in [0.5, 0.6) is 0 Å². The van der Waals surface area contributed by atoms with Gasteiger partial charge in [0.25, 0.3) is 0 Å². The Morgan fingerprint density at radius 1 is 1.33 bits per heavy atom. The first-order valence-electron chi connectivity index (χ1n) is 4.20. The van der Waals surface area contributed by atoms with Gasteiger partial charge in [-0.05, 0) is 24.6 Å². The van der Waals surface area contributed by atoms with Crippen molar-refractivity contribution in [3.05, 3.63) is 35.4 Å². The number of hydrogen-bond donors (Lipinski definition) is 2. The lowest BCUT2D eigenvalue weighted by molar-refractivity contribution is 0.299. The molecule has 1 aromatic rings. The summed E-state index contributed by atoms with van der Waals surface area (Å²) in [6.45, 7) is 1.11. The summed E-state index contributed by atoms with van der Waals surface area (Å²) in [6, 6.07) is 8.26. The third kappa shape index (κ3) is 2.64. The largest absolute Gasteiger partial charge is 0.396 e. The fourth-order valence-electron chi connectivity index (χ4n) is 1.23. The minimum Gasteiger partial charge on any atom is -0.396 e. The summed E-state index contributed by atoms with van der Waals surface area (Å²) in [4.78, 5) is 0. The summed E-state index contributed by atoms with van der Waals surface area (Å²) in [7, 11) is 1.93. The molecule has 0 atom stereocenters. The molecule has 2 nitrogen and oxygen atoms in total. The van der Waals surface area contributed by atoms with Gasteiger partial charge in [0.1, 0.15) is 0 Å². The van der Waals surface area contributed by atoms with Gasteiger partial charge in [-0.2, -0.15) is 0 Å². The van der Waals surface area contributed by atoms with Crippen LogP contribution in [-0.2, 0) is 13.0 Å². The van der Waals surface area contributed by atoms with Gasteiger partial charge in [0, 0.05) is 13.2 Å². The molecule has 12 heavy (non-hydrogen) atoms. The van der Waals surface area contributed by atoms with E-state index in [4.69, 9.17) is 5.11 Å². The van der Waals surface area contributed by atoms with E-state index in [1.54, 1.807) is 0 Å². The zero-order valence-electron chi connectivity index (χ0n) is 7.38. The molecule has 1 rings (SSSR count). The van der Waals surface area contributed by atoms with Crippen LogP contribution in [0.15, 0.2) is 24.3 Å². The van der Waals surface area contributed by atoms with Crippen LogP contribution in [0.25, 0.3) is 0 Å². The van der Waals surface area contributed by atoms with Gasteiger partial charge in [0.15, 0.2) is 0 Å². The van der Waals surface area contributed by atoms with Gasteiger partial charge in [0.05, 0.1) is 0 Å². The fourth-order valence-corrected chi connectivity index (χ4v) is 1.23. The third-order valence-corrected chi connectivity index (χ3v) is 1.77. The van der Waals surface area contributed by atoms with Crippen LogP contribution in [0, 0.1) is 0 Å². The number of hydrogen-bond acceptors (Lipinski definition) is 2. The van der Waals surface area contributed by atoms with Gasteiger partial charge in [-0.25, -0.2) is 0 Å². The maximum Gasteiger partial charge on any atom is 0.0471 e. The predicted octanol–water partition coefficient (Wildman–Crippen LogP) is 0.941. The number of benzene rings is 1. The van der Waals surface area contributed by atoms with Crippen LogP contribution in [0.1, 0.15) is 11.1 Å². The molecule has 2 heteroatoms. The Labute approximate surface area is 73.2 Å². The minimum absolute atomic E-state index is 0.225. The van der Waals surface area contributed by atoms with Crippen LogP contribution in [0.2, 0.25) is 0 Å². The van der Waals surface area contributed by atoms with Gasteiger partial charge < -0.3 is 10.4 Å². The highest BCUT2D eigenvalue weighted by Crippen LogP contribution is 2.05. The van der Waals surface area contributed by atoms with E-state index in [0.29, 0.717) is 0 Å². The van der Waals surface area contributed by atoms with E-state index >= 15 is 0 Å². The normalized spacial score (nSPS) is 10.2. The summed E-state index contributed by atoms with van der Waals surface area (Å²) < 4.78 is 0. The topological polar surface area (TPSA) is 32.3 Å². The highest BCUT2D eigenvalue weighted by atomic mass is 16.2. The minimum atomic E-state index is 0.225. The Kier molecular flexibility index (Phi) is 3.77. The Balaban J connectivity index is 2.67. The predicted molar refractivity (Wildman–Crippen MR) is 50.0 cm³/mol. The zero-order chi connectivity index (χ0) is 8.81. The standard InChI is InChI=1S/C10H15NO/c1-11-8-10-4-2-3-9(7-10)5-6-12/h2-4,7,11-12H,5-6,8H2,1H3. The molecule has 0 bridgehead atoms. The SMILES string of the molecule is CNCc1cccc(CCO)c1. The number of nitrogens with one attached hydrogen (secondary N) is 1.